The third-order valence-corrected chi connectivity index (χ3v) is 5.94. The molecule has 132 valence electrons. The van der Waals surface area contributed by atoms with Crippen LogP contribution in [0.2, 0.25) is 0 Å². The molecule has 2 aliphatic heterocycles. The smallest absolute Gasteiger partial charge is 0.136 e. The second kappa shape index (κ2) is 7.28. The van der Waals surface area contributed by atoms with Crippen molar-refractivity contribution >= 4 is 27.6 Å². The van der Waals surface area contributed by atoms with Crippen LogP contribution < -0.4 is 10.2 Å². The fraction of sp³-hybridized carbons (Fsp3) is 0.526. The van der Waals surface area contributed by atoms with Crippen molar-refractivity contribution in [1.82, 2.24) is 15.0 Å². The summed E-state index contributed by atoms with van der Waals surface area (Å²) in [4.78, 5) is 16.4. The van der Waals surface area contributed by atoms with Crippen molar-refractivity contribution in [2.45, 2.75) is 51.5 Å². The number of rotatable bonds is 3. The summed E-state index contributed by atoms with van der Waals surface area (Å²) >= 11 is 3.60. The molecule has 4 rings (SSSR count). The first-order valence-electron chi connectivity index (χ1n) is 9.27. The van der Waals surface area contributed by atoms with Gasteiger partial charge < -0.3 is 10.2 Å². The number of nitrogens with zero attached hydrogens (tertiary/aromatic N) is 4. The summed E-state index contributed by atoms with van der Waals surface area (Å²) in [6.45, 7) is 4.21. The van der Waals surface area contributed by atoms with Gasteiger partial charge in [0.25, 0.3) is 0 Å². The molecule has 0 spiro atoms. The van der Waals surface area contributed by atoms with Gasteiger partial charge in [-0.1, -0.05) is 13.0 Å². The lowest BCUT2D eigenvalue weighted by atomic mass is 9.97. The first-order chi connectivity index (χ1) is 12.3. The highest BCUT2D eigenvalue weighted by molar-refractivity contribution is 9.10. The van der Waals surface area contributed by atoms with Gasteiger partial charge in [-0.15, -0.1) is 0 Å². The maximum absolute atomic E-state index is 4.98. The second-order valence-electron chi connectivity index (χ2n) is 6.80. The normalized spacial score (nSPS) is 20.1. The fourth-order valence-corrected chi connectivity index (χ4v) is 4.50. The summed E-state index contributed by atoms with van der Waals surface area (Å²) in [5.74, 6) is 2.13. The molecule has 0 aromatic carbocycles. The first-order valence-corrected chi connectivity index (χ1v) is 10.1. The van der Waals surface area contributed by atoms with Crippen LogP contribution in [0.1, 0.15) is 55.5 Å². The minimum absolute atomic E-state index is 0.287. The predicted octanol–water partition coefficient (Wildman–Crippen LogP) is 4.29. The Hall–Kier alpha value is -1.69. The highest BCUT2D eigenvalue weighted by atomic mass is 79.9. The average Bonchev–Trinajstić information content (AvgIpc) is 2.67. The zero-order chi connectivity index (χ0) is 17.2. The van der Waals surface area contributed by atoms with Crippen molar-refractivity contribution in [1.29, 1.82) is 0 Å². The lowest BCUT2D eigenvalue weighted by Gasteiger charge is -2.37. The Morgan fingerprint density at radius 2 is 2.16 bits per heavy atom. The molecule has 1 fully saturated rings. The van der Waals surface area contributed by atoms with E-state index in [2.05, 4.69) is 55.2 Å². The molecule has 0 saturated carbocycles. The molecular formula is C19H24BrN5. The van der Waals surface area contributed by atoms with Crippen LogP contribution in [0.5, 0.6) is 0 Å². The fourth-order valence-electron chi connectivity index (χ4n) is 3.96. The van der Waals surface area contributed by atoms with E-state index in [-0.39, 0.29) is 6.04 Å². The molecule has 5 nitrogen and oxygen atoms in total. The molecule has 6 heteroatoms. The highest BCUT2D eigenvalue weighted by Gasteiger charge is 2.29. The summed E-state index contributed by atoms with van der Waals surface area (Å²) < 4.78 is 0.907. The van der Waals surface area contributed by atoms with Gasteiger partial charge in [-0.2, -0.15) is 0 Å². The van der Waals surface area contributed by atoms with Crippen molar-refractivity contribution < 1.29 is 0 Å². The zero-order valence-corrected chi connectivity index (χ0v) is 16.2. The Bertz CT molecular complexity index is 763. The number of aryl methyl sites for hydroxylation is 1. The van der Waals surface area contributed by atoms with Crippen molar-refractivity contribution in [3.63, 3.8) is 0 Å². The first kappa shape index (κ1) is 16.8. The third-order valence-electron chi connectivity index (χ3n) is 5.26. The number of hydrogen-bond acceptors (Lipinski definition) is 5. The van der Waals surface area contributed by atoms with E-state index >= 15 is 0 Å². The van der Waals surface area contributed by atoms with E-state index < -0.39 is 0 Å². The largest absolute Gasteiger partial charge is 0.370 e. The predicted molar refractivity (Wildman–Crippen MR) is 104 cm³/mol. The van der Waals surface area contributed by atoms with Gasteiger partial charge in [0.05, 0.1) is 11.7 Å². The Morgan fingerprint density at radius 3 is 3.04 bits per heavy atom. The summed E-state index contributed by atoms with van der Waals surface area (Å²) in [5, 5.41) is 3.47. The number of anilines is 2. The Morgan fingerprint density at radius 1 is 1.24 bits per heavy atom. The SMILES string of the molecule is CCc1c(Br)ncnc1N1CCCCC1c1ccc2c(n1)NCCC2. The van der Waals surface area contributed by atoms with E-state index in [0.29, 0.717) is 0 Å². The number of pyridine rings is 1. The van der Waals surface area contributed by atoms with Gasteiger partial charge in [0.2, 0.25) is 0 Å². The van der Waals surface area contributed by atoms with Gasteiger partial charge in [-0.3, -0.25) is 0 Å². The van der Waals surface area contributed by atoms with Crippen LogP contribution in [-0.4, -0.2) is 28.0 Å². The minimum atomic E-state index is 0.287. The molecule has 2 aromatic heterocycles. The van der Waals surface area contributed by atoms with Crippen LogP contribution >= 0.6 is 15.9 Å². The summed E-state index contributed by atoms with van der Waals surface area (Å²) in [7, 11) is 0. The quantitative estimate of drug-likeness (QED) is 0.777. The summed E-state index contributed by atoms with van der Waals surface area (Å²) in [6, 6.07) is 4.76. The summed E-state index contributed by atoms with van der Waals surface area (Å²) in [5.41, 5.74) is 3.69. The van der Waals surface area contributed by atoms with Crippen LogP contribution in [0.15, 0.2) is 23.1 Å². The van der Waals surface area contributed by atoms with E-state index in [4.69, 9.17) is 4.98 Å². The van der Waals surface area contributed by atoms with Gasteiger partial charge in [0.1, 0.15) is 22.6 Å². The highest BCUT2D eigenvalue weighted by Crippen LogP contribution is 2.37. The van der Waals surface area contributed by atoms with E-state index in [1.807, 2.05) is 0 Å². The molecular weight excluding hydrogens is 378 g/mol. The van der Waals surface area contributed by atoms with E-state index in [0.717, 1.165) is 54.3 Å². The van der Waals surface area contributed by atoms with Crippen molar-refractivity contribution in [2.24, 2.45) is 0 Å². The number of halogens is 1. The van der Waals surface area contributed by atoms with Crippen molar-refractivity contribution in [3.05, 3.63) is 39.9 Å². The second-order valence-corrected chi connectivity index (χ2v) is 7.55. The molecule has 0 aliphatic carbocycles. The van der Waals surface area contributed by atoms with Crippen LogP contribution in [0.3, 0.4) is 0 Å². The minimum Gasteiger partial charge on any atom is -0.370 e. The Balaban J connectivity index is 1.72. The Kier molecular flexibility index (Phi) is 4.88. The topological polar surface area (TPSA) is 53.9 Å². The van der Waals surface area contributed by atoms with Crippen LogP contribution in [0.25, 0.3) is 0 Å². The Labute approximate surface area is 157 Å². The molecule has 1 unspecified atom stereocenters. The van der Waals surface area contributed by atoms with E-state index in [9.17, 15) is 0 Å². The molecule has 0 radical (unpaired) electrons. The summed E-state index contributed by atoms with van der Waals surface area (Å²) in [6.07, 6.45) is 8.45. The van der Waals surface area contributed by atoms with Crippen molar-refractivity contribution in [3.8, 4) is 0 Å². The monoisotopic (exact) mass is 401 g/mol. The number of piperidine rings is 1. The molecule has 1 saturated heterocycles. The van der Waals surface area contributed by atoms with Gasteiger partial charge in [0, 0.05) is 18.7 Å². The lowest BCUT2D eigenvalue weighted by Crippen LogP contribution is -2.35. The third kappa shape index (κ3) is 3.24. The van der Waals surface area contributed by atoms with E-state index in [1.165, 1.54) is 30.4 Å². The van der Waals surface area contributed by atoms with E-state index in [1.54, 1.807) is 6.33 Å². The molecule has 4 heterocycles. The van der Waals surface area contributed by atoms with Gasteiger partial charge in [-0.25, -0.2) is 15.0 Å². The molecule has 1 atom stereocenters. The molecule has 0 bridgehead atoms. The number of fused-ring (bicyclic) bond motifs is 1. The number of hydrogen-bond donors (Lipinski definition) is 1. The molecule has 2 aromatic rings. The van der Waals surface area contributed by atoms with Gasteiger partial charge in [0.15, 0.2) is 0 Å². The molecule has 25 heavy (non-hydrogen) atoms. The maximum Gasteiger partial charge on any atom is 0.136 e. The molecule has 1 N–H and O–H groups in total. The standard InChI is InChI=1S/C19H24BrN5/c1-2-14-17(20)22-12-23-19(14)25-11-4-3-7-16(25)15-9-8-13-6-5-10-21-18(13)24-15/h8-9,12,16H,2-7,10-11H2,1H3,(H,21,24). The average molecular weight is 402 g/mol. The molecule has 0 amide bonds. The van der Waals surface area contributed by atoms with Gasteiger partial charge in [-0.05, 0) is 66.1 Å². The van der Waals surface area contributed by atoms with Crippen molar-refractivity contribution in [2.75, 3.05) is 23.3 Å². The van der Waals surface area contributed by atoms with Crippen LogP contribution in [0, 0.1) is 0 Å². The van der Waals surface area contributed by atoms with Crippen LogP contribution in [0.4, 0.5) is 11.6 Å². The molecule has 2 aliphatic rings. The zero-order valence-electron chi connectivity index (χ0n) is 14.6. The maximum atomic E-state index is 4.98. The number of nitrogens with one attached hydrogen (secondary N) is 1. The number of aromatic nitrogens is 3. The van der Waals surface area contributed by atoms with Gasteiger partial charge >= 0.3 is 0 Å². The lowest BCUT2D eigenvalue weighted by molar-refractivity contribution is 0.460. The van der Waals surface area contributed by atoms with Crippen LogP contribution in [-0.2, 0) is 12.8 Å².